The maximum atomic E-state index is 5.90. The number of nitrogen functional groups attached to an aromatic ring is 1. The zero-order valence-corrected chi connectivity index (χ0v) is 11.0. The number of aromatic nitrogens is 1. The van der Waals surface area contributed by atoms with Crippen LogP contribution in [0.25, 0.3) is 10.2 Å². The average molecular weight is 258 g/mol. The fourth-order valence-electron chi connectivity index (χ4n) is 1.70. The largest absolute Gasteiger partial charge is 0.397 e. The number of fused-ring (bicyclic) bond motifs is 1. The van der Waals surface area contributed by atoms with Crippen LogP contribution in [-0.2, 0) is 0 Å². The van der Waals surface area contributed by atoms with E-state index >= 15 is 0 Å². The number of nitrogens with zero attached hydrogens (tertiary/aromatic N) is 1. The Kier molecular flexibility index (Phi) is 4.53. The van der Waals surface area contributed by atoms with E-state index in [9.17, 15) is 0 Å². The Morgan fingerprint density at radius 1 is 1.56 bits per heavy atom. The van der Waals surface area contributed by atoms with Crippen molar-refractivity contribution in [3.8, 4) is 0 Å². The molecule has 0 amide bonds. The normalized spacial score (nSPS) is 12.4. The van der Waals surface area contributed by atoms with Crippen LogP contribution in [0.2, 0.25) is 0 Å². The summed E-state index contributed by atoms with van der Waals surface area (Å²) in [6.45, 7) is 2.17. The highest BCUT2D eigenvalue weighted by molar-refractivity contribution is 7.19. The maximum absolute atomic E-state index is 5.90. The third-order valence-corrected chi connectivity index (χ3v) is 3.85. The highest BCUT2D eigenvalue weighted by Gasteiger charge is 2.12. The average Bonchev–Trinajstić information content (AvgIpc) is 2.65. The first-order chi connectivity index (χ1) is 7.26. The van der Waals surface area contributed by atoms with Crippen molar-refractivity contribution in [1.29, 1.82) is 0 Å². The van der Waals surface area contributed by atoms with Crippen molar-refractivity contribution in [2.24, 2.45) is 0 Å². The molecule has 0 fully saturated rings. The summed E-state index contributed by atoms with van der Waals surface area (Å²) in [6, 6.07) is 4.38. The minimum absolute atomic E-state index is 0. The number of halogens is 1. The van der Waals surface area contributed by atoms with Gasteiger partial charge in [-0.15, -0.1) is 23.7 Å². The molecule has 0 aliphatic rings. The van der Waals surface area contributed by atoms with E-state index in [1.807, 2.05) is 13.1 Å². The van der Waals surface area contributed by atoms with E-state index in [1.54, 1.807) is 17.5 Å². The fraction of sp³-hybridized carbons (Fsp3) is 0.364. The highest BCUT2D eigenvalue weighted by atomic mass is 35.5. The molecule has 1 atom stereocenters. The Morgan fingerprint density at radius 3 is 2.88 bits per heavy atom. The molecule has 0 aliphatic carbocycles. The molecule has 0 spiro atoms. The van der Waals surface area contributed by atoms with Crippen LogP contribution in [0.3, 0.4) is 0 Å². The highest BCUT2D eigenvalue weighted by Crippen LogP contribution is 2.33. The summed E-state index contributed by atoms with van der Waals surface area (Å²) < 4.78 is 1.10. The van der Waals surface area contributed by atoms with Gasteiger partial charge in [0.1, 0.15) is 0 Å². The first kappa shape index (κ1) is 13.2. The van der Waals surface area contributed by atoms with E-state index in [0.717, 1.165) is 22.3 Å². The van der Waals surface area contributed by atoms with E-state index in [2.05, 4.69) is 23.3 Å². The molecule has 88 valence electrons. The molecule has 0 unspecified atom stereocenters. The van der Waals surface area contributed by atoms with Crippen LogP contribution in [0.5, 0.6) is 0 Å². The van der Waals surface area contributed by atoms with E-state index in [1.165, 1.54) is 4.88 Å². The number of hydrogen-bond donors (Lipinski definition) is 2. The lowest BCUT2D eigenvalue weighted by molar-refractivity contribution is 0.587. The standard InChI is InChI=1S/C11H15N3S.ClH/c1-3-8(13-2)10-6-9-11(15-10)7(12)4-5-14-9;/h4-6,8,13H,3H2,1-2H3,(H2,12,14);1H/t8-;/m0./s1. The lowest BCUT2D eigenvalue weighted by Crippen LogP contribution is -2.13. The summed E-state index contributed by atoms with van der Waals surface area (Å²) in [5, 5.41) is 3.29. The molecule has 3 N–H and O–H groups in total. The van der Waals surface area contributed by atoms with Crippen molar-refractivity contribution in [3.05, 3.63) is 23.2 Å². The van der Waals surface area contributed by atoms with Crippen LogP contribution in [-0.4, -0.2) is 12.0 Å². The SMILES string of the molecule is CC[C@H](NC)c1cc2nccc(N)c2s1.Cl. The van der Waals surface area contributed by atoms with Crippen molar-refractivity contribution in [3.63, 3.8) is 0 Å². The topological polar surface area (TPSA) is 50.9 Å². The number of pyridine rings is 1. The van der Waals surface area contributed by atoms with E-state index < -0.39 is 0 Å². The molecule has 2 heterocycles. The zero-order valence-electron chi connectivity index (χ0n) is 9.36. The fourth-order valence-corrected chi connectivity index (χ4v) is 2.93. The van der Waals surface area contributed by atoms with Gasteiger partial charge in [-0.3, -0.25) is 4.98 Å². The summed E-state index contributed by atoms with van der Waals surface area (Å²) in [7, 11) is 1.98. The minimum Gasteiger partial charge on any atom is -0.397 e. The molecule has 2 aromatic rings. The lowest BCUT2D eigenvalue weighted by Gasteiger charge is -2.10. The molecule has 0 bridgehead atoms. The van der Waals surface area contributed by atoms with Crippen LogP contribution >= 0.6 is 23.7 Å². The molecule has 16 heavy (non-hydrogen) atoms. The lowest BCUT2D eigenvalue weighted by atomic mass is 10.2. The molecule has 5 heteroatoms. The van der Waals surface area contributed by atoms with Crippen molar-refractivity contribution in [2.45, 2.75) is 19.4 Å². The second-order valence-electron chi connectivity index (χ2n) is 3.51. The number of anilines is 1. The molecule has 2 aromatic heterocycles. The van der Waals surface area contributed by atoms with Crippen LogP contribution in [0.4, 0.5) is 5.69 Å². The van der Waals surface area contributed by atoms with Crippen molar-refractivity contribution in [2.75, 3.05) is 12.8 Å². The van der Waals surface area contributed by atoms with Crippen molar-refractivity contribution >= 4 is 39.6 Å². The first-order valence-corrected chi connectivity index (χ1v) is 5.89. The number of hydrogen-bond acceptors (Lipinski definition) is 4. The summed E-state index contributed by atoms with van der Waals surface area (Å²) in [4.78, 5) is 5.62. The van der Waals surface area contributed by atoms with Gasteiger partial charge in [-0.2, -0.15) is 0 Å². The predicted octanol–water partition coefficient (Wildman–Crippen LogP) is 2.97. The van der Waals surface area contributed by atoms with Gasteiger partial charge in [0.05, 0.1) is 15.9 Å². The van der Waals surface area contributed by atoms with Crippen LogP contribution in [0, 0.1) is 0 Å². The smallest absolute Gasteiger partial charge is 0.0834 e. The van der Waals surface area contributed by atoms with Gasteiger partial charge in [0.2, 0.25) is 0 Å². The Balaban J connectivity index is 0.00000128. The summed E-state index contributed by atoms with van der Waals surface area (Å²) in [5.41, 5.74) is 7.73. The van der Waals surface area contributed by atoms with Gasteiger partial charge in [-0.05, 0) is 25.6 Å². The number of thiophene rings is 1. The molecular formula is C11H16ClN3S. The van der Waals surface area contributed by atoms with E-state index in [4.69, 9.17) is 5.73 Å². The first-order valence-electron chi connectivity index (χ1n) is 5.07. The monoisotopic (exact) mass is 257 g/mol. The zero-order chi connectivity index (χ0) is 10.8. The minimum atomic E-state index is 0. The van der Waals surface area contributed by atoms with Gasteiger partial charge in [0, 0.05) is 17.1 Å². The van der Waals surface area contributed by atoms with Crippen molar-refractivity contribution in [1.82, 2.24) is 10.3 Å². The number of rotatable bonds is 3. The third kappa shape index (κ3) is 2.29. The van der Waals surface area contributed by atoms with Crippen LogP contribution in [0.15, 0.2) is 18.3 Å². The molecule has 0 saturated carbocycles. The quantitative estimate of drug-likeness (QED) is 0.889. The maximum Gasteiger partial charge on any atom is 0.0834 e. The number of nitrogens with one attached hydrogen (secondary N) is 1. The Hall–Kier alpha value is -0.840. The third-order valence-electron chi connectivity index (χ3n) is 2.56. The van der Waals surface area contributed by atoms with Crippen molar-refractivity contribution < 1.29 is 0 Å². The molecule has 0 radical (unpaired) electrons. The molecule has 0 aliphatic heterocycles. The summed E-state index contributed by atoms with van der Waals surface area (Å²) in [6.07, 6.45) is 2.83. The van der Waals surface area contributed by atoms with Crippen LogP contribution < -0.4 is 11.1 Å². The van der Waals surface area contributed by atoms with Crippen LogP contribution in [0.1, 0.15) is 24.3 Å². The predicted molar refractivity (Wildman–Crippen MR) is 73.4 cm³/mol. The van der Waals surface area contributed by atoms with Gasteiger partial charge >= 0.3 is 0 Å². The molecule has 0 saturated heterocycles. The Morgan fingerprint density at radius 2 is 2.31 bits per heavy atom. The van der Waals surface area contributed by atoms with Gasteiger partial charge in [0.15, 0.2) is 0 Å². The van der Waals surface area contributed by atoms with Gasteiger partial charge in [-0.25, -0.2) is 0 Å². The van der Waals surface area contributed by atoms with Gasteiger partial charge in [-0.1, -0.05) is 6.92 Å². The number of nitrogens with two attached hydrogens (primary N) is 1. The van der Waals surface area contributed by atoms with E-state index in [0.29, 0.717) is 6.04 Å². The molecule has 0 aromatic carbocycles. The van der Waals surface area contributed by atoms with Gasteiger partial charge in [0.25, 0.3) is 0 Å². The summed E-state index contributed by atoms with van der Waals surface area (Å²) >= 11 is 1.73. The summed E-state index contributed by atoms with van der Waals surface area (Å²) in [5.74, 6) is 0. The van der Waals surface area contributed by atoms with Gasteiger partial charge < -0.3 is 11.1 Å². The second kappa shape index (κ2) is 5.48. The Bertz CT molecular complexity index is 465. The molecule has 2 rings (SSSR count). The molecule has 3 nitrogen and oxygen atoms in total. The Labute approximate surface area is 105 Å². The van der Waals surface area contributed by atoms with E-state index in [-0.39, 0.29) is 12.4 Å². The second-order valence-corrected chi connectivity index (χ2v) is 4.60. The molecular weight excluding hydrogens is 242 g/mol.